The Morgan fingerprint density at radius 1 is 1.50 bits per heavy atom. The highest BCUT2D eigenvalue weighted by Crippen LogP contribution is 2.08. The van der Waals surface area contributed by atoms with Crippen LogP contribution in [-0.4, -0.2) is 36.7 Å². The average molecular weight is 246 g/mol. The summed E-state index contributed by atoms with van der Waals surface area (Å²) in [4.78, 5) is 13.7. The number of hydrogen-bond acceptors (Lipinski definition) is 3. The lowest BCUT2D eigenvalue weighted by atomic mass is 10.2. The monoisotopic (exact) mass is 246 g/mol. The Morgan fingerprint density at radius 2 is 2.28 bits per heavy atom. The van der Waals surface area contributed by atoms with E-state index in [-0.39, 0.29) is 12.1 Å². The van der Waals surface area contributed by atoms with Gasteiger partial charge in [0, 0.05) is 19.6 Å². The van der Waals surface area contributed by atoms with Crippen LogP contribution in [0.5, 0.6) is 0 Å². The van der Waals surface area contributed by atoms with E-state index in [1.807, 2.05) is 30.3 Å². The first-order chi connectivity index (χ1) is 8.81. The van der Waals surface area contributed by atoms with Gasteiger partial charge in [0.05, 0.1) is 6.04 Å². The molecule has 1 atom stereocenters. The number of nitrogens with zero attached hydrogens (tertiary/aromatic N) is 1. The minimum atomic E-state index is -0.273. The largest absolute Gasteiger partial charge is 0.445 e. The maximum absolute atomic E-state index is 12.0. The van der Waals surface area contributed by atoms with Crippen molar-refractivity contribution in [3.8, 4) is 0 Å². The lowest BCUT2D eigenvalue weighted by Gasteiger charge is -2.33. The van der Waals surface area contributed by atoms with Crippen molar-refractivity contribution in [3.63, 3.8) is 0 Å². The molecule has 0 aliphatic carbocycles. The molecule has 18 heavy (non-hydrogen) atoms. The molecule has 1 aromatic rings. The molecule has 1 aliphatic heterocycles. The zero-order chi connectivity index (χ0) is 12.8. The third kappa shape index (κ3) is 3.11. The van der Waals surface area contributed by atoms with Crippen LogP contribution in [0.3, 0.4) is 0 Å². The lowest BCUT2D eigenvalue weighted by Crippen LogP contribution is -2.52. The molecule has 0 aromatic heterocycles. The Hall–Kier alpha value is -1.81. The first-order valence-electron chi connectivity index (χ1n) is 6.12. The van der Waals surface area contributed by atoms with Gasteiger partial charge in [0.1, 0.15) is 6.61 Å². The predicted octanol–water partition coefficient (Wildman–Crippen LogP) is 1.78. The fourth-order valence-electron chi connectivity index (χ4n) is 1.96. The summed E-state index contributed by atoms with van der Waals surface area (Å²) in [6.45, 7) is 6.25. The second-order valence-electron chi connectivity index (χ2n) is 4.24. The van der Waals surface area contributed by atoms with Gasteiger partial charge < -0.3 is 10.1 Å². The topological polar surface area (TPSA) is 41.6 Å². The van der Waals surface area contributed by atoms with E-state index in [2.05, 4.69) is 11.9 Å². The Bertz CT molecular complexity index is 406. The van der Waals surface area contributed by atoms with Crippen LogP contribution < -0.4 is 5.32 Å². The number of amides is 1. The summed E-state index contributed by atoms with van der Waals surface area (Å²) < 4.78 is 5.31. The summed E-state index contributed by atoms with van der Waals surface area (Å²) in [5.74, 6) is 0. The van der Waals surface area contributed by atoms with E-state index in [0.717, 1.165) is 18.7 Å². The van der Waals surface area contributed by atoms with Crippen molar-refractivity contribution in [1.82, 2.24) is 10.2 Å². The fraction of sp³-hybridized carbons (Fsp3) is 0.357. The summed E-state index contributed by atoms with van der Waals surface area (Å²) in [7, 11) is 0. The van der Waals surface area contributed by atoms with Gasteiger partial charge in [0.15, 0.2) is 0 Å². The Morgan fingerprint density at radius 3 is 3.00 bits per heavy atom. The molecule has 1 unspecified atom stereocenters. The smallest absolute Gasteiger partial charge is 0.410 e. The van der Waals surface area contributed by atoms with Crippen LogP contribution in [0.25, 0.3) is 0 Å². The van der Waals surface area contributed by atoms with Crippen LogP contribution in [0.2, 0.25) is 0 Å². The van der Waals surface area contributed by atoms with Crippen LogP contribution in [-0.2, 0) is 11.3 Å². The van der Waals surface area contributed by atoms with Gasteiger partial charge >= 0.3 is 6.09 Å². The molecule has 1 aliphatic rings. The second-order valence-corrected chi connectivity index (χ2v) is 4.24. The Labute approximate surface area is 107 Å². The van der Waals surface area contributed by atoms with Gasteiger partial charge in [-0.15, -0.1) is 6.58 Å². The van der Waals surface area contributed by atoms with E-state index in [1.165, 1.54) is 0 Å². The molecule has 0 saturated carbocycles. The average Bonchev–Trinajstić information content (AvgIpc) is 2.45. The highest BCUT2D eigenvalue weighted by Gasteiger charge is 2.25. The first kappa shape index (κ1) is 12.6. The highest BCUT2D eigenvalue weighted by atomic mass is 16.6. The molecular weight excluding hydrogens is 228 g/mol. The summed E-state index contributed by atoms with van der Waals surface area (Å²) in [6.07, 6.45) is 1.50. The van der Waals surface area contributed by atoms with Gasteiger partial charge in [0.25, 0.3) is 0 Å². The Balaban J connectivity index is 1.89. The summed E-state index contributed by atoms with van der Waals surface area (Å²) >= 11 is 0. The molecule has 2 rings (SSSR count). The maximum Gasteiger partial charge on any atom is 0.410 e. The summed E-state index contributed by atoms with van der Waals surface area (Å²) in [6, 6.07) is 9.70. The van der Waals surface area contributed by atoms with E-state index in [4.69, 9.17) is 4.74 Å². The number of carbonyl (C=O) groups is 1. The molecule has 0 radical (unpaired) electrons. The fourth-order valence-corrected chi connectivity index (χ4v) is 1.96. The molecule has 96 valence electrons. The van der Waals surface area contributed by atoms with Gasteiger partial charge in [0.2, 0.25) is 0 Å². The quantitative estimate of drug-likeness (QED) is 0.827. The van der Waals surface area contributed by atoms with E-state index in [1.54, 1.807) is 11.0 Å². The number of hydrogen-bond donors (Lipinski definition) is 1. The van der Waals surface area contributed by atoms with Crippen LogP contribution >= 0.6 is 0 Å². The molecule has 1 N–H and O–H groups in total. The van der Waals surface area contributed by atoms with Crippen molar-refractivity contribution in [2.24, 2.45) is 0 Å². The number of piperazine rings is 1. The van der Waals surface area contributed by atoms with Crippen molar-refractivity contribution < 1.29 is 9.53 Å². The molecule has 1 amide bonds. The second kappa shape index (κ2) is 6.21. The van der Waals surface area contributed by atoms with E-state index < -0.39 is 0 Å². The van der Waals surface area contributed by atoms with Crippen LogP contribution in [0, 0.1) is 0 Å². The molecule has 1 saturated heterocycles. The Kier molecular flexibility index (Phi) is 4.36. The number of nitrogens with one attached hydrogen (secondary N) is 1. The van der Waals surface area contributed by atoms with Crippen molar-refractivity contribution in [2.45, 2.75) is 12.6 Å². The molecule has 0 bridgehead atoms. The third-order valence-electron chi connectivity index (χ3n) is 3.00. The molecule has 1 aromatic carbocycles. The number of carbonyl (C=O) groups excluding carboxylic acids is 1. The maximum atomic E-state index is 12.0. The SMILES string of the molecule is C=CC1CNCCN1C(=O)OCc1ccccc1. The molecule has 1 heterocycles. The standard InChI is InChI=1S/C14H18N2O2/c1-2-13-10-15-8-9-16(13)14(17)18-11-12-6-4-3-5-7-12/h2-7,13,15H,1,8-11H2. The van der Waals surface area contributed by atoms with E-state index >= 15 is 0 Å². The predicted molar refractivity (Wildman–Crippen MR) is 70.2 cm³/mol. The van der Waals surface area contributed by atoms with Gasteiger partial charge in [-0.3, -0.25) is 4.90 Å². The highest BCUT2D eigenvalue weighted by molar-refractivity contribution is 5.68. The molecule has 4 nitrogen and oxygen atoms in total. The van der Waals surface area contributed by atoms with Crippen molar-refractivity contribution in [2.75, 3.05) is 19.6 Å². The minimum Gasteiger partial charge on any atom is -0.445 e. The molecule has 4 heteroatoms. The van der Waals surface area contributed by atoms with E-state index in [0.29, 0.717) is 13.2 Å². The van der Waals surface area contributed by atoms with Gasteiger partial charge in [-0.1, -0.05) is 36.4 Å². The number of ether oxygens (including phenoxy) is 1. The number of benzene rings is 1. The third-order valence-corrected chi connectivity index (χ3v) is 3.00. The van der Waals surface area contributed by atoms with Crippen LogP contribution in [0.15, 0.2) is 43.0 Å². The molecular formula is C14H18N2O2. The van der Waals surface area contributed by atoms with Crippen molar-refractivity contribution in [3.05, 3.63) is 48.6 Å². The normalized spacial score (nSPS) is 19.3. The zero-order valence-corrected chi connectivity index (χ0v) is 10.3. The lowest BCUT2D eigenvalue weighted by molar-refractivity contribution is 0.0809. The van der Waals surface area contributed by atoms with Gasteiger partial charge in [-0.25, -0.2) is 4.79 Å². The van der Waals surface area contributed by atoms with Crippen LogP contribution in [0.1, 0.15) is 5.56 Å². The van der Waals surface area contributed by atoms with E-state index in [9.17, 15) is 4.79 Å². The molecule has 0 spiro atoms. The summed E-state index contributed by atoms with van der Waals surface area (Å²) in [5.41, 5.74) is 0.996. The number of rotatable bonds is 3. The summed E-state index contributed by atoms with van der Waals surface area (Å²) in [5, 5.41) is 3.22. The van der Waals surface area contributed by atoms with Gasteiger partial charge in [-0.2, -0.15) is 0 Å². The first-order valence-corrected chi connectivity index (χ1v) is 6.12. The zero-order valence-electron chi connectivity index (χ0n) is 10.3. The minimum absolute atomic E-state index is 0.0158. The van der Waals surface area contributed by atoms with Gasteiger partial charge in [-0.05, 0) is 5.56 Å². The van der Waals surface area contributed by atoms with Crippen molar-refractivity contribution >= 4 is 6.09 Å². The van der Waals surface area contributed by atoms with Crippen LogP contribution in [0.4, 0.5) is 4.79 Å². The van der Waals surface area contributed by atoms with Crippen molar-refractivity contribution in [1.29, 1.82) is 0 Å². The molecule has 1 fully saturated rings.